The number of aryl methyl sites for hydroxylation is 1. The topological polar surface area (TPSA) is 51.5 Å². The van der Waals surface area contributed by atoms with Crippen molar-refractivity contribution in [1.29, 1.82) is 0 Å². The van der Waals surface area contributed by atoms with Gasteiger partial charge in [0.25, 0.3) is 11.5 Å². The van der Waals surface area contributed by atoms with Crippen LogP contribution >= 0.6 is 11.6 Å². The van der Waals surface area contributed by atoms with Crippen molar-refractivity contribution in [1.82, 2.24) is 9.47 Å². The van der Waals surface area contributed by atoms with Gasteiger partial charge in [-0.1, -0.05) is 11.6 Å². The fourth-order valence-corrected chi connectivity index (χ4v) is 2.94. The van der Waals surface area contributed by atoms with Crippen molar-refractivity contribution in [2.75, 3.05) is 13.1 Å². The number of halogens is 1. The van der Waals surface area contributed by atoms with Crippen molar-refractivity contribution >= 4 is 17.5 Å². The first-order valence-electron chi connectivity index (χ1n) is 7.92. The van der Waals surface area contributed by atoms with Crippen LogP contribution in [0.2, 0.25) is 5.02 Å². The molecule has 2 aromatic rings. The summed E-state index contributed by atoms with van der Waals surface area (Å²) < 4.78 is 7.34. The lowest BCUT2D eigenvalue weighted by Gasteiger charge is -2.32. The molecule has 0 radical (unpaired) electrons. The number of piperidine rings is 1. The number of aromatic nitrogens is 1. The average molecular weight is 347 g/mol. The predicted molar refractivity (Wildman–Crippen MR) is 92.7 cm³/mol. The van der Waals surface area contributed by atoms with Gasteiger partial charge in [0.1, 0.15) is 17.4 Å². The van der Waals surface area contributed by atoms with E-state index in [1.54, 1.807) is 42.4 Å². The van der Waals surface area contributed by atoms with Gasteiger partial charge in [-0.3, -0.25) is 9.59 Å². The second kappa shape index (κ2) is 7.09. The Morgan fingerprint density at radius 2 is 1.83 bits per heavy atom. The van der Waals surface area contributed by atoms with Crippen LogP contribution < -0.4 is 10.3 Å². The Labute approximate surface area is 145 Å². The molecule has 0 unspecified atom stereocenters. The van der Waals surface area contributed by atoms with E-state index in [1.807, 2.05) is 12.1 Å². The maximum Gasteiger partial charge on any atom is 0.263 e. The van der Waals surface area contributed by atoms with Gasteiger partial charge in [-0.2, -0.15) is 0 Å². The van der Waals surface area contributed by atoms with Crippen LogP contribution in [0, 0.1) is 0 Å². The van der Waals surface area contributed by atoms with Crippen LogP contribution in [-0.2, 0) is 7.05 Å². The number of ether oxygens (including phenoxy) is 1. The molecule has 0 atom stereocenters. The SMILES string of the molecule is Cn1cccc(C(=O)N2CCC(Oc3ccc(Cl)cc3)CC2)c1=O. The molecule has 0 N–H and O–H groups in total. The van der Waals surface area contributed by atoms with Gasteiger partial charge in [0.05, 0.1) is 0 Å². The van der Waals surface area contributed by atoms with E-state index >= 15 is 0 Å². The number of carbonyl (C=O) groups is 1. The largest absolute Gasteiger partial charge is 0.490 e. The maximum absolute atomic E-state index is 12.5. The Kier molecular flexibility index (Phi) is 4.90. The second-order valence-electron chi connectivity index (χ2n) is 5.90. The molecule has 0 bridgehead atoms. The fraction of sp³-hybridized carbons (Fsp3) is 0.333. The van der Waals surface area contributed by atoms with Crippen LogP contribution in [0.15, 0.2) is 47.4 Å². The minimum Gasteiger partial charge on any atom is -0.490 e. The highest BCUT2D eigenvalue weighted by Crippen LogP contribution is 2.21. The molecule has 3 rings (SSSR count). The zero-order valence-electron chi connectivity index (χ0n) is 13.4. The molecule has 0 spiro atoms. The molecule has 1 aromatic carbocycles. The van der Waals surface area contributed by atoms with Crippen LogP contribution in [-0.4, -0.2) is 34.6 Å². The molecule has 2 heterocycles. The van der Waals surface area contributed by atoms with E-state index in [9.17, 15) is 9.59 Å². The monoisotopic (exact) mass is 346 g/mol. The van der Waals surface area contributed by atoms with Gasteiger partial charge in [0.15, 0.2) is 0 Å². The van der Waals surface area contributed by atoms with Gasteiger partial charge in [0.2, 0.25) is 0 Å². The van der Waals surface area contributed by atoms with Gasteiger partial charge in [-0.25, -0.2) is 0 Å². The first-order chi connectivity index (χ1) is 11.5. The Morgan fingerprint density at radius 3 is 2.50 bits per heavy atom. The fourth-order valence-electron chi connectivity index (χ4n) is 2.81. The summed E-state index contributed by atoms with van der Waals surface area (Å²) >= 11 is 5.86. The Bertz CT molecular complexity index is 778. The molecule has 126 valence electrons. The summed E-state index contributed by atoms with van der Waals surface area (Å²) in [5.41, 5.74) is -0.0425. The summed E-state index contributed by atoms with van der Waals surface area (Å²) in [5, 5.41) is 0.673. The Balaban J connectivity index is 1.60. The third kappa shape index (κ3) is 3.62. The lowest BCUT2D eigenvalue weighted by Crippen LogP contribution is -2.43. The summed E-state index contributed by atoms with van der Waals surface area (Å²) in [6.07, 6.45) is 3.18. The second-order valence-corrected chi connectivity index (χ2v) is 6.34. The number of hydrogen-bond donors (Lipinski definition) is 0. The molecule has 1 aliphatic heterocycles. The van der Waals surface area contributed by atoms with E-state index in [2.05, 4.69) is 0 Å². The molecule has 1 aromatic heterocycles. The van der Waals surface area contributed by atoms with Crippen LogP contribution in [0.1, 0.15) is 23.2 Å². The minimum absolute atomic E-state index is 0.0637. The highest BCUT2D eigenvalue weighted by molar-refractivity contribution is 6.30. The van der Waals surface area contributed by atoms with Crippen molar-refractivity contribution in [2.24, 2.45) is 7.05 Å². The molecule has 1 amide bonds. The molecule has 0 saturated carbocycles. The normalized spacial score (nSPS) is 15.3. The maximum atomic E-state index is 12.5. The minimum atomic E-state index is -0.262. The number of nitrogens with zero attached hydrogens (tertiary/aromatic N) is 2. The number of pyridine rings is 1. The number of likely N-dealkylation sites (tertiary alicyclic amines) is 1. The third-order valence-corrected chi connectivity index (χ3v) is 4.45. The summed E-state index contributed by atoms with van der Waals surface area (Å²) in [6, 6.07) is 10.6. The summed E-state index contributed by atoms with van der Waals surface area (Å²) in [5.74, 6) is 0.572. The van der Waals surface area contributed by atoms with E-state index in [1.165, 1.54) is 4.57 Å². The molecule has 24 heavy (non-hydrogen) atoms. The summed E-state index contributed by atoms with van der Waals surface area (Å²) in [4.78, 5) is 26.3. The lowest BCUT2D eigenvalue weighted by molar-refractivity contribution is 0.0593. The molecular formula is C18H19ClN2O3. The zero-order chi connectivity index (χ0) is 17.1. The van der Waals surface area contributed by atoms with Crippen molar-refractivity contribution < 1.29 is 9.53 Å². The van der Waals surface area contributed by atoms with Crippen molar-refractivity contribution in [2.45, 2.75) is 18.9 Å². The van der Waals surface area contributed by atoms with Gasteiger partial charge < -0.3 is 14.2 Å². The van der Waals surface area contributed by atoms with Crippen molar-refractivity contribution in [3.8, 4) is 5.75 Å². The molecule has 0 aliphatic carbocycles. The molecule has 1 fully saturated rings. The number of hydrogen-bond acceptors (Lipinski definition) is 3. The first kappa shape index (κ1) is 16.6. The van der Waals surface area contributed by atoms with Crippen molar-refractivity contribution in [3.63, 3.8) is 0 Å². The van der Waals surface area contributed by atoms with Gasteiger partial charge in [-0.15, -0.1) is 0 Å². The Morgan fingerprint density at radius 1 is 1.17 bits per heavy atom. The summed E-state index contributed by atoms with van der Waals surface area (Å²) in [6.45, 7) is 1.16. The van der Waals surface area contributed by atoms with E-state index in [0.717, 1.165) is 18.6 Å². The lowest BCUT2D eigenvalue weighted by atomic mass is 10.1. The third-order valence-electron chi connectivity index (χ3n) is 4.20. The van der Waals surface area contributed by atoms with E-state index < -0.39 is 0 Å². The quantitative estimate of drug-likeness (QED) is 0.858. The zero-order valence-corrected chi connectivity index (χ0v) is 14.2. The summed E-state index contributed by atoms with van der Waals surface area (Å²) in [7, 11) is 1.64. The van der Waals surface area contributed by atoms with Crippen LogP contribution in [0.4, 0.5) is 0 Å². The number of amides is 1. The predicted octanol–water partition coefficient (Wildman–Crippen LogP) is 2.72. The number of carbonyl (C=O) groups excluding carboxylic acids is 1. The highest BCUT2D eigenvalue weighted by Gasteiger charge is 2.26. The highest BCUT2D eigenvalue weighted by atomic mass is 35.5. The van der Waals surface area contributed by atoms with Crippen molar-refractivity contribution in [3.05, 3.63) is 63.5 Å². The standard InChI is InChI=1S/C18H19ClN2O3/c1-20-10-2-3-16(17(20)22)18(23)21-11-8-15(9-12-21)24-14-6-4-13(19)5-7-14/h2-7,10,15H,8-9,11-12H2,1H3. The van der Waals surface area contributed by atoms with E-state index in [-0.39, 0.29) is 23.1 Å². The van der Waals surface area contributed by atoms with Gasteiger partial charge in [-0.05, 0) is 36.4 Å². The van der Waals surface area contributed by atoms with E-state index in [4.69, 9.17) is 16.3 Å². The van der Waals surface area contributed by atoms with Gasteiger partial charge in [0, 0.05) is 44.2 Å². The number of benzene rings is 1. The molecule has 5 nitrogen and oxygen atoms in total. The Hall–Kier alpha value is -2.27. The molecular weight excluding hydrogens is 328 g/mol. The molecule has 6 heteroatoms. The van der Waals surface area contributed by atoms with Gasteiger partial charge >= 0.3 is 0 Å². The smallest absolute Gasteiger partial charge is 0.263 e. The van der Waals surface area contributed by atoms with Crippen LogP contribution in [0.5, 0.6) is 5.75 Å². The first-order valence-corrected chi connectivity index (χ1v) is 8.29. The average Bonchev–Trinajstić information content (AvgIpc) is 2.59. The van der Waals surface area contributed by atoms with E-state index in [0.29, 0.717) is 18.1 Å². The number of rotatable bonds is 3. The molecule has 1 saturated heterocycles. The van der Waals surface area contributed by atoms with Crippen LogP contribution in [0.25, 0.3) is 0 Å². The van der Waals surface area contributed by atoms with Crippen LogP contribution in [0.3, 0.4) is 0 Å². The molecule has 1 aliphatic rings.